The molecule has 0 unspecified atom stereocenters. The smallest absolute Gasteiger partial charge is 0.349 e. The largest absolute Gasteiger partial charge is 0.391 e. The average molecular weight is 205 g/mol. The van der Waals surface area contributed by atoms with Crippen LogP contribution in [0, 0.1) is 23.8 Å². The maximum atomic E-state index is 12.3. The zero-order valence-corrected chi connectivity index (χ0v) is 8.12. The lowest BCUT2D eigenvalue weighted by Gasteiger charge is -2.27. The van der Waals surface area contributed by atoms with E-state index in [0.717, 1.165) is 0 Å². The average Bonchev–Trinajstić information content (AvgIpc) is 2.14. The van der Waals surface area contributed by atoms with Crippen molar-refractivity contribution in [2.75, 3.05) is 7.05 Å². The van der Waals surface area contributed by atoms with Gasteiger partial charge in [0, 0.05) is 19.0 Å². The molecule has 0 aromatic heterocycles. The van der Waals surface area contributed by atoms with Gasteiger partial charge in [-0.15, -0.1) is 0 Å². The zero-order valence-electron chi connectivity index (χ0n) is 8.12. The molecule has 0 aliphatic heterocycles. The second kappa shape index (κ2) is 4.59. The molecular formula is C10H14F3N. The molecule has 14 heavy (non-hydrogen) atoms. The molecule has 1 aliphatic rings. The molecule has 0 radical (unpaired) electrons. The first-order valence-corrected chi connectivity index (χ1v) is 4.78. The Balaban J connectivity index is 2.39. The van der Waals surface area contributed by atoms with Crippen molar-refractivity contribution in [2.45, 2.75) is 31.9 Å². The van der Waals surface area contributed by atoms with Gasteiger partial charge >= 0.3 is 6.18 Å². The molecular weight excluding hydrogens is 191 g/mol. The number of nitrogens with one attached hydrogen (secondary N) is 1. The molecule has 0 saturated heterocycles. The normalized spacial score (nSPS) is 27.7. The first-order chi connectivity index (χ1) is 6.54. The molecule has 0 aromatic carbocycles. The van der Waals surface area contributed by atoms with E-state index in [-0.39, 0.29) is 18.8 Å². The highest BCUT2D eigenvalue weighted by molar-refractivity contribution is 5.03. The summed E-state index contributed by atoms with van der Waals surface area (Å²) in [7, 11) is 1.70. The summed E-state index contributed by atoms with van der Waals surface area (Å²) in [5.74, 6) is 1.95. The third kappa shape index (κ3) is 3.13. The summed E-state index contributed by atoms with van der Waals surface area (Å²) in [4.78, 5) is 0. The minimum atomic E-state index is -4.01. The van der Waals surface area contributed by atoms with Gasteiger partial charge in [-0.1, -0.05) is 5.92 Å². The van der Waals surface area contributed by atoms with Gasteiger partial charge < -0.3 is 5.32 Å². The van der Waals surface area contributed by atoms with E-state index < -0.39 is 12.1 Å². The third-order valence-corrected chi connectivity index (χ3v) is 2.59. The van der Waals surface area contributed by atoms with E-state index >= 15 is 0 Å². The Bertz CT molecular complexity index is 228. The molecule has 1 saturated carbocycles. The lowest BCUT2D eigenvalue weighted by molar-refractivity contribution is -0.182. The van der Waals surface area contributed by atoms with Gasteiger partial charge in [0.05, 0.1) is 5.92 Å². The predicted molar refractivity (Wildman–Crippen MR) is 48.3 cm³/mol. The summed E-state index contributed by atoms with van der Waals surface area (Å²) in [6.07, 6.45) is -2.42. The molecule has 0 atom stereocenters. The van der Waals surface area contributed by atoms with Crippen LogP contribution >= 0.6 is 0 Å². The molecule has 1 fully saturated rings. The van der Waals surface area contributed by atoms with Crippen molar-refractivity contribution in [1.29, 1.82) is 0 Å². The molecule has 80 valence electrons. The summed E-state index contributed by atoms with van der Waals surface area (Å²) in [6.45, 7) is 0. The number of halogens is 3. The lowest BCUT2D eigenvalue weighted by atomic mass is 9.82. The highest BCUT2D eigenvalue weighted by atomic mass is 19.4. The fourth-order valence-corrected chi connectivity index (χ4v) is 1.74. The Labute approximate surface area is 82.1 Å². The molecule has 0 aromatic rings. The van der Waals surface area contributed by atoms with Crippen LogP contribution < -0.4 is 5.32 Å². The molecule has 4 heteroatoms. The summed E-state index contributed by atoms with van der Waals surface area (Å²) in [5.41, 5.74) is 0. The predicted octanol–water partition coefficient (Wildman–Crippen LogP) is 2.54. The molecule has 0 amide bonds. The van der Waals surface area contributed by atoms with Crippen molar-refractivity contribution in [2.24, 2.45) is 11.8 Å². The van der Waals surface area contributed by atoms with E-state index in [1.54, 1.807) is 7.05 Å². The van der Waals surface area contributed by atoms with Crippen molar-refractivity contribution in [3.8, 4) is 12.0 Å². The van der Waals surface area contributed by atoms with Crippen molar-refractivity contribution >= 4 is 0 Å². The summed E-state index contributed by atoms with van der Waals surface area (Å²) in [6, 6.07) is 2.69. The molecule has 0 spiro atoms. The Morgan fingerprint density at radius 3 is 2.14 bits per heavy atom. The maximum absolute atomic E-state index is 12.3. The van der Waals surface area contributed by atoms with Crippen LogP contribution in [-0.4, -0.2) is 13.2 Å². The quantitative estimate of drug-likeness (QED) is 0.473. The van der Waals surface area contributed by atoms with Crippen molar-refractivity contribution in [3.63, 3.8) is 0 Å². The minimum absolute atomic E-state index is 0.140. The van der Waals surface area contributed by atoms with Gasteiger partial charge in [0.1, 0.15) is 0 Å². The fourth-order valence-electron chi connectivity index (χ4n) is 1.74. The van der Waals surface area contributed by atoms with Crippen LogP contribution in [0.25, 0.3) is 0 Å². The van der Waals surface area contributed by atoms with Crippen LogP contribution in [0.2, 0.25) is 0 Å². The Morgan fingerprint density at radius 1 is 1.14 bits per heavy atom. The Morgan fingerprint density at radius 2 is 1.71 bits per heavy atom. The molecule has 0 heterocycles. The second-order valence-corrected chi connectivity index (χ2v) is 3.61. The number of hydrogen-bond acceptors (Lipinski definition) is 1. The fraction of sp³-hybridized carbons (Fsp3) is 0.800. The first kappa shape index (κ1) is 11.2. The summed E-state index contributed by atoms with van der Waals surface area (Å²) >= 11 is 0. The summed E-state index contributed by atoms with van der Waals surface area (Å²) < 4.78 is 36.8. The monoisotopic (exact) mass is 205 g/mol. The van der Waals surface area contributed by atoms with E-state index in [1.165, 1.54) is 0 Å². The summed E-state index contributed by atoms with van der Waals surface area (Å²) in [5, 5.41) is 2.67. The number of rotatable bonds is 0. The van der Waals surface area contributed by atoms with E-state index in [2.05, 4.69) is 17.3 Å². The van der Waals surface area contributed by atoms with Gasteiger partial charge in [-0.2, -0.15) is 13.2 Å². The third-order valence-electron chi connectivity index (χ3n) is 2.59. The minimum Gasteiger partial charge on any atom is -0.349 e. The highest BCUT2D eigenvalue weighted by Gasteiger charge is 2.41. The zero-order chi connectivity index (χ0) is 10.6. The van der Waals surface area contributed by atoms with Crippen LogP contribution in [0.4, 0.5) is 13.2 Å². The lowest BCUT2D eigenvalue weighted by Crippen LogP contribution is -2.27. The van der Waals surface area contributed by atoms with Crippen LogP contribution in [0.5, 0.6) is 0 Å². The molecule has 1 rings (SSSR count). The van der Waals surface area contributed by atoms with Gasteiger partial charge in [-0.3, -0.25) is 0 Å². The van der Waals surface area contributed by atoms with Crippen LogP contribution in [0.15, 0.2) is 0 Å². The van der Waals surface area contributed by atoms with E-state index in [1.807, 2.05) is 0 Å². The van der Waals surface area contributed by atoms with E-state index in [9.17, 15) is 13.2 Å². The van der Waals surface area contributed by atoms with Gasteiger partial charge in [-0.25, -0.2) is 0 Å². The van der Waals surface area contributed by atoms with Crippen LogP contribution in [-0.2, 0) is 0 Å². The number of alkyl halides is 3. The molecule has 0 bridgehead atoms. The van der Waals surface area contributed by atoms with Crippen LogP contribution in [0.1, 0.15) is 25.7 Å². The molecule has 1 nitrogen and oxygen atoms in total. The van der Waals surface area contributed by atoms with Gasteiger partial charge in [0.25, 0.3) is 0 Å². The topological polar surface area (TPSA) is 12.0 Å². The van der Waals surface area contributed by atoms with Gasteiger partial charge in [-0.05, 0) is 25.7 Å². The second-order valence-electron chi connectivity index (χ2n) is 3.61. The Hall–Kier alpha value is -0.850. The maximum Gasteiger partial charge on any atom is 0.391 e. The van der Waals surface area contributed by atoms with Crippen molar-refractivity contribution in [3.05, 3.63) is 0 Å². The van der Waals surface area contributed by atoms with Gasteiger partial charge in [0.15, 0.2) is 0 Å². The SMILES string of the molecule is CNC#CC1CCC(C(F)(F)F)CC1. The standard InChI is InChI=1S/C10H14F3N/c1-14-7-6-8-2-4-9(5-3-8)10(11,12)13/h8-9,14H,2-5H2,1H3. The number of hydrogen-bond donors (Lipinski definition) is 1. The van der Waals surface area contributed by atoms with Gasteiger partial charge in [0.2, 0.25) is 0 Å². The first-order valence-electron chi connectivity index (χ1n) is 4.78. The van der Waals surface area contributed by atoms with Crippen LogP contribution in [0.3, 0.4) is 0 Å². The Kier molecular flexibility index (Phi) is 3.68. The van der Waals surface area contributed by atoms with E-state index in [0.29, 0.717) is 12.8 Å². The highest BCUT2D eigenvalue weighted by Crippen LogP contribution is 2.39. The van der Waals surface area contributed by atoms with E-state index in [4.69, 9.17) is 0 Å². The van der Waals surface area contributed by atoms with Crippen molar-refractivity contribution in [1.82, 2.24) is 5.32 Å². The van der Waals surface area contributed by atoms with Crippen molar-refractivity contribution < 1.29 is 13.2 Å². The molecule has 1 aliphatic carbocycles. The molecule has 1 N–H and O–H groups in total.